The summed E-state index contributed by atoms with van der Waals surface area (Å²) in [6, 6.07) is 11.5. The summed E-state index contributed by atoms with van der Waals surface area (Å²) >= 11 is 3.09. The lowest BCUT2D eigenvalue weighted by Crippen LogP contribution is -2.28. The molecule has 2 heterocycles. The number of nitrogens with zero attached hydrogens (tertiary/aromatic N) is 1. The smallest absolute Gasteiger partial charge is 0.312 e. The summed E-state index contributed by atoms with van der Waals surface area (Å²) in [4.78, 5) is 28.0. The highest BCUT2D eigenvalue weighted by molar-refractivity contribution is 7.14. The molecule has 0 aliphatic heterocycles. The normalized spacial score (nSPS) is 10.4. The number of amides is 1. The lowest BCUT2D eigenvalue weighted by molar-refractivity contribution is -0.147. The Labute approximate surface area is 153 Å². The number of hydrogen-bond donors (Lipinski definition) is 1. The Bertz CT molecular complexity index is 829. The molecule has 1 amide bonds. The van der Waals surface area contributed by atoms with Crippen molar-refractivity contribution in [3.8, 4) is 10.6 Å². The van der Waals surface area contributed by atoms with Gasteiger partial charge < -0.3 is 10.1 Å². The van der Waals surface area contributed by atoms with Crippen molar-refractivity contribution in [3.05, 3.63) is 63.8 Å². The minimum absolute atomic E-state index is 0.0621. The van der Waals surface area contributed by atoms with Crippen LogP contribution in [0.15, 0.2) is 52.5 Å². The highest BCUT2D eigenvalue weighted by Gasteiger charge is 2.12. The van der Waals surface area contributed by atoms with E-state index in [1.54, 1.807) is 11.3 Å². The first-order chi connectivity index (χ1) is 12.2. The summed E-state index contributed by atoms with van der Waals surface area (Å²) in [7, 11) is 0. The number of carbonyl (C=O) groups is 2. The van der Waals surface area contributed by atoms with Gasteiger partial charge in [-0.2, -0.15) is 11.3 Å². The maximum absolute atomic E-state index is 11.9. The first-order valence-corrected chi connectivity index (χ1v) is 9.46. The fourth-order valence-electron chi connectivity index (χ4n) is 2.10. The Morgan fingerprint density at radius 3 is 2.72 bits per heavy atom. The van der Waals surface area contributed by atoms with E-state index in [2.05, 4.69) is 10.3 Å². The maximum atomic E-state index is 11.9. The van der Waals surface area contributed by atoms with Crippen molar-refractivity contribution in [2.24, 2.45) is 0 Å². The minimum Gasteiger partial charge on any atom is -0.455 e. The van der Waals surface area contributed by atoms with E-state index in [0.29, 0.717) is 12.2 Å². The summed E-state index contributed by atoms with van der Waals surface area (Å²) in [5, 5.41) is 9.43. The highest BCUT2D eigenvalue weighted by Crippen LogP contribution is 2.25. The average molecular weight is 372 g/mol. The van der Waals surface area contributed by atoms with Gasteiger partial charge in [0.25, 0.3) is 5.91 Å². The Balaban J connectivity index is 1.41. The van der Waals surface area contributed by atoms with Gasteiger partial charge in [0.1, 0.15) is 5.01 Å². The van der Waals surface area contributed by atoms with Gasteiger partial charge in [0.15, 0.2) is 6.61 Å². The second-order valence-corrected chi connectivity index (χ2v) is 6.89. The van der Waals surface area contributed by atoms with Crippen LogP contribution in [-0.2, 0) is 27.3 Å². The number of rotatable bonds is 7. The van der Waals surface area contributed by atoms with Gasteiger partial charge in [0.05, 0.1) is 12.1 Å². The standard InChI is InChI=1S/C18H16N2O3S2/c21-16(19-9-13-4-2-1-3-5-13)10-23-17(22)8-15-12-25-18(20-15)14-6-7-24-11-14/h1-7,11-12H,8-10H2,(H,19,21). The van der Waals surface area contributed by atoms with E-state index in [4.69, 9.17) is 4.74 Å². The number of nitrogens with one attached hydrogen (secondary N) is 1. The van der Waals surface area contributed by atoms with Crippen molar-refractivity contribution in [1.82, 2.24) is 10.3 Å². The van der Waals surface area contributed by atoms with Crippen LogP contribution in [0.3, 0.4) is 0 Å². The number of aromatic nitrogens is 1. The maximum Gasteiger partial charge on any atom is 0.312 e. The Hall–Kier alpha value is -2.51. The monoisotopic (exact) mass is 372 g/mol. The molecule has 0 spiro atoms. The molecular weight excluding hydrogens is 356 g/mol. The van der Waals surface area contributed by atoms with Crippen LogP contribution in [0.1, 0.15) is 11.3 Å². The molecule has 0 saturated heterocycles. The third-order valence-corrected chi connectivity index (χ3v) is 4.97. The first-order valence-electron chi connectivity index (χ1n) is 7.64. The second-order valence-electron chi connectivity index (χ2n) is 5.26. The predicted molar refractivity (Wildman–Crippen MR) is 98.4 cm³/mol. The van der Waals surface area contributed by atoms with Crippen molar-refractivity contribution < 1.29 is 14.3 Å². The molecule has 1 N–H and O–H groups in total. The third-order valence-electron chi connectivity index (χ3n) is 3.34. The van der Waals surface area contributed by atoms with Crippen molar-refractivity contribution in [2.75, 3.05) is 6.61 Å². The Morgan fingerprint density at radius 2 is 1.96 bits per heavy atom. The number of thiophene rings is 1. The zero-order chi connectivity index (χ0) is 17.5. The number of ether oxygens (including phenoxy) is 1. The van der Waals surface area contributed by atoms with Gasteiger partial charge in [0.2, 0.25) is 0 Å². The van der Waals surface area contributed by atoms with Crippen LogP contribution < -0.4 is 5.32 Å². The van der Waals surface area contributed by atoms with Crippen molar-refractivity contribution >= 4 is 34.6 Å². The second kappa shape index (κ2) is 8.55. The third kappa shape index (κ3) is 5.23. The van der Waals surface area contributed by atoms with Gasteiger partial charge >= 0.3 is 5.97 Å². The van der Waals surface area contributed by atoms with E-state index >= 15 is 0 Å². The van der Waals surface area contributed by atoms with Gasteiger partial charge in [-0.3, -0.25) is 9.59 Å². The quantitative estimate of drug-likeness (QED) is 0.646. The van der Waals surface area contributed by atoms with Crippen molar-refractivity contribution in [3.63, 3.8) is 0 Å². The SMILES string of the molecule is O=C(COC(=O)Cc1csc(-c2ccsc2)n1)NCc1ccccc1. The first kappa shape index (κ1) is 17.3. The zero-order valence-electron chi connectivity index (χ0n) is 13.3. The Kier molecular flexibility index (Phi) is 5.92. The van der Waals surface area contributed by atoms with E-state index in [1.165, 1.54) is 11.3 Å². The molecule has 128 valence electrons. The molecule has 0 atom stereocenters. The Morgan fingerprint density at radius 1 is 1.12 bits per heavy atom. The molecule has 0 fully saturated rings. The van der Waals surface area contributed by atoms with E-state index in [9.17, 15) is 9.59 Å². The topological polar surface area (TPSA) is 68.3 Å². The van der Waals surface area contributed by atoms with Gasteiger partial charge in [-0.05, 0) is 17.0 Å². The molecular formula is C18H16N2O3S2. The fourth-order valence-corrected chi connectivity index (χ4v) is 3.63. The van der Waals surface area contributed by atoms with Crippen LogP contribution in [0.25, 0.3) is 10.6 Å². The van der Waals surface area contributed by atoms with Gasteiger partial charge in [0, 0.05) is 22.9 Å². The lowest BCUT2D eigenvalue weighted by Gasteiger charge is -2.06. The summed E-state index contributed by atoms with van der Waals surface area (Å²) < 4.78 is 5.01. The number of hydrogen-bond acceptors (Lipinski definition) is 6. The van der Waals surface area contributed by atoms with Crippen LogP contribution in [0, 0.1) is 0 Å². The van der Waals surface area contributed by atoms with Gasteiger partial charge in [-0.15, -0.1) is 11.3 Å². The van der Waals surface area contributed by atoms with E-state index in [-0.39, 0.29) is 18.9 Å². The molecule has 7 heteroatoms. The molecule has 2 aromatic heterocycles. The summed E-state index contributed by atoms with van der Waals surface area (Å²) in [5.74, 6) is -0.786. The molecule has 0 saturated carbocycles. The number of thiazole rings is 1. The zero-order valence-corrected chi connectivity index (χ0v) is 14.9. The van der Waals surface area contributed by atoms with Gasteiger partial charge in [-0.25, -0.2) is 4.98 Å². The number of carbonyl (C=O) groups excluding carboxylic acids is 2. The molecule has 0 aliphatic rings. The van der Waals surface area contributed by atoms with Crippen LogP contribution in [0.5, 0.6) is 0 Å². The van der Waals surface area contributed by atoms with E-state index in [1.807, 2.05) is 52.5 Å². The molecule has 0 radical (unpaired) electrons. The summed E-state index contributed by atoms with van der Waals surface area (Å²) in [6.45, 7) is 0.125. The molecule has 1 aromatic carbocycles. The number of benzene rings is 1. The van der Waals surface area contributed by atoms with Crippen LogP contribution in [-0.4, -0.2) is 23.5 Å². The van der Waals surface area contributed by atoms with Crippen LogP contribution in [0.4, 0.5) is 0 Å². The van der Waals surface area contributed by atoms with E-state index < -0.39 is 5.97 Å². The van der Waals surface area contributed by atoms with Gasteiger partial charge in [-0.1, -0.05) is 30.3 Å². The molecule has 0 aliphatic carbocycles. The molecule has 5 nitrogen and oxygen atoms in total. The molecule has 0 bridgehead atoms. The van der Waals surface area contributed by atoms with Crippen molar-refractivity contribution in [1.29, 1.82) is 0 Å². The summed E-state index contributed by atoms with van der Waals surface area (Å²) in [5.41, 5.74) is 2.70. The highest BCUT2D eigenvalue weighted by atomic mass is 32.1. The lowest BCUT2D eigenvalue weighted by atomic mass is 10.2. The van der Waals surface area contributed by atoms with Crippen LogP contribution in [0.2, 0.25) is 0 Å². The number of esters is 1. The fraction of sp³-hybridized carbons (Fsp3) is 0.167. The molecule has 3 aromatic rings. The predicted octanol–water partition coefficient (Wildman–Crippen LogP) is 3.27. The largest absolute Gasteiger partial charge is 0.455 e. The minimum atomic E-state index is -0.461. The van der Waals surface area contributed by atoms with Crippen molar-refractivity contribution in [2.45, 2.75) is 13.0 Å². The van der Waals surface area contributed by atoms with Crippen LogP contribution >= 0.6 is 22.7 Å². The average Bonchev–Trinajstić information content (AvgIpc) is 3.30. The molecule has 0 unspecified atom stereocenters. The molecule has 25 heavy (non-hydrogen) atoms. The summed E-state index contributed by atoms with van der Waals surface area (Å²) in [6.07, 6.45) is 0.0621. The van der Waals surface area contributed by atoms with E-state index in [0.717, 1.165) is 16.1 Å². The molecule has 3 rings (SSSR count).